The molecule has 140 valence electrons. The second-order valence-electron chi connectivity index (χ2n) is 6.14. The van der Waals surface area contributed by atoms with Gasteiger partial charge in [-0.3, -0.25) is 4.79 Å². The van der Waals surface area contributed by atoms with Gasteiger partial charge in [0.2, 0.25) is 0 Å². The van der Waals surface area contributed by atoms with Crippen molar-refractivity contribution in [1.82, 2.24) is 9.66 Å². The molecule has 4 rings (SSSR count). The van der Waals surface area contributed by atoms with Crippen LogP contribution in [0.5, 0.6) is 0 Å². The lowest BCUT2D eigenvalue weighted by Crippen LogP contribution is -2.31. The van der Waals surface area contributed by atoms with Crippen LogP contribution in [0.25, 0.3) is 22.3 Å². The molecular formula is C21H14F3N3O. The zero-order chi connectivity index (χ0) is 19.7. The number of nitrogens with zero attached hydrogens (tertiary/aromatic N) is 2. The van der Waals surface area contributed by atoms with Crippen molar-refractivity contribution in [3.8, 4) is 11.4 Å². The topological polar surface area (TPSA) is 46.9 Å². The van der Waals surface area contributed by atoms with Gasteiger partial charge >= 0.3 is 0 Å². The Bertz CT molecular complexity index is 1240. The second-order valence-corrected chi connectivity index (χ2v) is 6.14. The molecule has 1 N–H and O–H groups in total. The number of hydrogen-bond acceptors (Lipinski definition) is 3. The summed E-state index contributed by atoms with van der Waals surface area (Å²) < 4.78 is 42.5. The van der Waals surface area contributed by atoms with E-state index in [0.717, 1.165) is 16.8 Å². The minimum Gasteiger partial charge on any atom is -0.317 e. The van der Waals surface area contributed by atoms with Gasteiger partial charge in [-0.05, 0) is 30.3 Å². The Balaban J connectivity index is 1.86. The van der Waals surface area contributed by atoms with E-state index in [0.29, 0.717) is 10.9 Å². The summed E-state index contributed by atoms with van der Waals surface area (Å²) in [5.74, 6) is -1.93. The number of fused-ring (bicyclic) bond motifs is 1. The highest BCUT2D eigenvalue weighted by molar-refractivity contribution is 5.79. The van der Waals surface area contributed by atoms with Crippen molar-refractivity contribution in [2.75, 3.05) is 5.43 Å². The average Bonchev–Trinajstić information content (AvgIpc) is 2.69. The fourth-order valence-corrected chi connectivity index (χ4v) is 2.93. The van der Waals surface area contributed by atoms with Crippen LogP contribution in [0, 0.1) is 17.5 Å². The predicted molar refractivity (Wildman–Crippen MR) is 101 cm³/mol. The maximum absolute atomic E-state index is 14.4. The number of hydrogen-bond donors (Lipinski definition) is 1. The molecule has 0 fully saturated rings. The monoisotopic (exact) mass is 381 g/mol. The maximum atomic E-state index is 14.4. The number of para-hydroxylation sites is 1. The van der Waals surface area contributed by atoms with E-state index in [1.54, 1.807) is 30.3 Å². The van der Waals surface area contributed by atoms with Gasteiger partial charge in [0.15, 0.2) is 5.82 Å². The van der Waals surface area contributed by atoms with Crippen molar-refractivity contribution in [3.63, 3.8) is 0 Å². The third-order valence-electron chi connectivity index (χ3n) is 4.33. The Hall–Kier alpha value is -3.61. The Morgan fingerprint density at radius 2 is 1.64 bits per heavy atom. The van der Waals surface area contributed by atoms with Gasteiger partial charge in [0.25, 0.3) is 5.56 Å². The molecule has 4 aromatic rings. The van der Waals surface area contributed by atoms with Gasteiger partial charge in [0, 0.05) is 11.6 Å². The van der Waals surface area contributed by atoms with Crippen LogP contribution in [-0.4, -0.2) is 9.66 Å². The fraction of sp³-hybridized carbons (Fsp3) is 0.0476. The van der Waals surface area contributed by atoms with Crippen LogP contribution in [0.15, 0.2) is 71.5 Å². The predicted octanol–water partition coefficient (Wildman–Crippen LogP) is 4.22. The minimum atomic E-state index is -0.748. The van der Waals surface area contributed by atoms with Crippen molar-refractivity contribution in [1.29, 1.82) is 0 Å². The molecule has 0 aliphatic rings. The average molecular weight is 381 g/mol. The lowest BCUT2D eigenvalue weighted by atomic mass is 10.1. The highest BCUT2D eigenvalue weighted by Gasteiger charge is 2.16. The van der Waals surface area contributed by atoms with Crippen molar-refractivity contribution < 1.29 is 13.2 Å². The summed E-state index contributed by atoms with van der Waals surface area (Å²) in [4.78, 5) is 17.4. The molecule has 0 saturated heterocycles. The van der Waals surface area contributed by atoms with E-state index < -0.39 is 23.0 Å². The standard InChI is InChI=1S/C21H14F3N3O/c22-14-10-9-13(18(24)11-14)12-25-27-20(15-5-1-3-7-17(15)23)26-19-8-4-2-6-16(19)21(27)28/h1-11,25H,12H2. The lowest BCUT2D eigenvalue weighted by Gasteiger charge is -2.16. The van der Waals surface area contributed by atoms with E-state index in [1.807, 2.05) is 0 Å². The molecule has 1 heterocycles. The Morgan fingerprint density at radius 1 is 0.893 bits per heavy atom. The van der Waals surface area contributed by atoms with Gasteiger partial charge in [0.05, 0.1) is 23.0 Å². The molecular weight excluding hydrogens is 367 g/mol. The van der Waals surface area contributed by atoms with Gasteiger partial charge in [-0.1, -0.05) is 30.3 Å². The lowest BCUT2D eigenvalue weighted by molar-refractivity contribution is 0.571. The van der Waals surface area contributed by atoms with Crippen molar-refractivity contribution >= 4 is 10.9 Å². The van der Waals surface area contributed by atoms with Crippen LogP contribution in [0.4, 0.5) is 13.2 Å². The highest BCUT2D eigenvalue weighted by Crippen LogP contribution is 2.21. The van der Waals surface area contributed by atoms with Crippen LogP contribution in [0.2, 0.25) is 0 Å². The van der Waals surface area contributed by atoms with Gasteiger partial charge < -0.3 is 5.43 Å². The van der Waals surface area contributed by atoms with Crippen molar-refractivity contribution in [2.24, 2.45) is 0 Å². The molecule has 3 aromatic carbocycles. The largest absolute Gasteiger partial charge is 0.317 e. The Morgan fingerprint density at radius 3 is 2.43 bits per heavy atom. The quantitative estimate of drug-likeness (QED) is 0.576. The zero-order valence-corrected chi connectivity index (χ0v) is 14.5. The number of halogens is 3. The summed E-state index contributed by atoms with van der Waals surface area (Å²) >= 11 is 0. The summed E-state index contributed by atoms with van der Waals surface area (Å²) in [6, 6.07) is 15.8. The van der Waals surface area contributed by atoms with Gasteiger partial charge in [-0.25, -0.2) is 22.8 Å². The maximum Gasteiger partial charge on any atom is 0.280 e. The smallest absolute Gasteiger partial charge is 0.280 e. The van der Waals surface area contributed by atoms with Crippen molar-refractivity contribution in [3.05, 3.63) is 100 Å². The first kappa shape index (κ1) is 17.8. The molecule has 4 nitrogen and oxygen atoms in total. The first-order valence-corrected chi connectivity index (χ1v) is 8.49. The summed E-state index contributed by atoms with van der Waals surface area (Å²) in [7, 11) is 0. The Kier molecular flexibility index (Phi) is 4.57. The minimum absolute atomic E-state index is 0.0596. The molecule has 0 unspecified atom stereocenters. The number of nitrogens with one attached hydrogen (secondary N) is 1. The summed E-state index contributed by atoms with van der Waals surface area (Å²) in [6.07, 6.45) is 0. The Labute approximate surface area is 157 Å². The third kappa shape index (κ3) is 3.22. The third-order valence-corrected chi connectivity index (χ3v) is 4.33. The van der Waals surface area contributed by atoms with Gasteiger partial charge in [-0.15, -0.1) is 0 Å². The van der Waals surface area contributed by atoms with E-state index in [4.69, 9.17) is 0 Å². The number of aromatic nitrogens is 2. The van der Waals surface area contributed by atoms with Gasteiger partial charge in [-0.2, -0.15) is 0 Å². The molecule has 0 amide bonds. The van der Waals surface area contributed by atoms with E-state index in [1.165, 1.54) is 24.3 Å². The van der Waals surface area contributed by atoms with Crippen LogP contribution >= 0.6 is 0 Å². The SMILES string of the molecule is O=c1c2ccccc2nc(-c2ccccc2F)n1NCc1ccc(F)cc1F. The zero-order valence-electron chi connectivity index (χ0n) is 14.5. The van der Waals surface area contributed by atoms with Crippen LogP contribution in [0.1, 0.15) is 5.56 Å². The molecule has 0 aliphatic carbocycles. The van der Waals surface area contributed by atoms with Gasteiger partial charge in [0.1, 0.15) is 17.5 Å². The fourth-order valence-electron chi connectivity index (χ4n) is 2.93. The molecule has 0 aliphatic heterocycles. The summed E-state index contributed by atoms with van der Waals surface area (Å²) in [5.41, 5.74) is 3.03. The number of benzene rings is 3. The van der Waals surface area contributed by atoms with E-state index >= 15 is 0 Å². The van der Waals surface area contributed by atoms with Crippen molar-refractivity contribution in [2.45, 2.75) is 6.54 Å². The summed E-state index contributed by atoms with van der Waals surface area (Å²) in [5, 5.41) is 0.328. The first-order chi connectivity index (χ1) is 13.5. The second kappa shape index (κ2) is 7.19. The molecule has 0 atom stereocenters. The normalized spacial score (nSPS) is 11.0. The first-order valence-electron chi connectivity index (χ1n) is 8.49. The van der Waals surface area contributed by atoms with Crippen LogP contribution < -0.4 is 11.0 Å². The molecule has 7 heteroatoms. The molecule has 28 heavy (non-hydrogen) atoms. The van der Waals surface area contributed by atoms with E-state index in [-0.39, 0.29) is 23.5 Å². The molecule has 0 saturated carbocycles. The molecule has 0 bridgehead atoms. The highest BCUT2D eigenvalue weighted by atomic mass is 19.1. The van der Waals surface area contributed by atoms with E-state index in [9.17, 15) is 18.0 Å². The summed E-state index contributed by atoms with van der Waals surface area (Å²) in [6.45, 7) is -0.118. The molecule has 0 spiro atoms. The van der Waals surface area contributed by atoms with Crippen LogP contribution in [-0.2, 0) is 6.54 Å². The molecule has 1 aromatic heterocycles. The van der Waals surface area contributed by atoms with Crippen LogP contribution in [0.3, 0.4) is 0 Å². The number of rotatable bonds is 4. The molecule has 0 radical (unpaired) electrons. The van der Waals surface area contributed by atoms with E-state index in [2.05, 4.69) is 10.4 Å².